The molecule has 0 saturated heterocycles. The Morgan fingerprint density at radius 3 is 2.45 bits per heavy atom. The summed E-state index contributed by atoms with van der Waals surface area (Å²) in [5.41, 5.74) is 1.21. The highest BCUT2D eigenvalue weighted by atomic mass is 16.4. The molecule has 1 aromatic carbocycles. The van der Waals surface area contributed by atoms with E-state index in [4.69, 9.17) is 5.11 Å². The van der Waals surface area contributed by atoms with Gasteiger partial charge in [-0.05, 0) is 31.2 Å². The smallest absolute Gasteiger partial charge is 0.306 e. The fraction of sp³-hybridized carbons (Fsp3) is 0.500. The van der Waals surface area contributed by atoms with Gasteiger partial charge in [-0.2, -0.15) is 0 Å². The Morgan fingerprint density at radius 2 is 1.85 bits per heavy atom. The first-order chi connectivity index (χ1) is 9.58. The fourth-order valence-electron chi connectivity index (χ4n) is 2.79. The number of carboxylic acids is 1. The quantitative estimate of drug-likeness (QED) is 0.896. The number of hydrogen-bond donors (Lipinski definition) is 1. The molecule has 1 fully saturated rings. The van der Waals surface area contributed by atoms with Crippen LogP contribution in [0.3, 0.4) is 0 Å². The largest absolute Gasteiger partial charge is 0.481 e. The van der Waals surface area contributed by atoms with Crippen LogP contribution in [0.2, 0.25) is 0 Å². The highest BCUT2D eigenvalue weighted by molar-refractivity contribution is 5.80. The molecule has 4 nitrogen and oxygen atoms in total. The van der Waals surface area contributed by atoms with E-state index in [1.807, 2.05) is 30.3 Å². The fourth-order valence-corrected chi connectivity index (χ4v) is 2.79. The molecule has 1 aromatic rings. The lowest BCUT2D eigenvalue weighted by Crippen LogP contribution is -2.33. The lowest BCUT2D eigenvalue weighted by atomic mass is 10.0. The number of carbonyl (C=O) groups is 2. The Labute approximate surface area is 119 Å². The zero-order chi connectivity index (χ0) is 14.5. The van der Waals surface area contributed by atoms with E-state index in [1.54, 1.807) is 11.9 Å². The highest BCUT2D eigenvalue weighted by Gasteiger charge is 2.34. The van der Waals surface area contributed by atoms with Gasteiger partial charge in [0.25, 0.3) is 0 Å². The Balaban J connectivity index is 1.82. The van der Waals surface area contributed by atoms with Crippen LogP contribution < -0.4 is 0 Å². The minimum absolute atomic E-state index is 0.0877. The van der Waals surface area contributed by atoms with Crippen LogP contribution in [0.25, 0.3) is 0 Å². The van der Waals surface area contributed by atoms with Crippen LogP contribution in [0.1, 0.15) is 24.8 Å². The molecule has 0 aliphatic heterocycles. The lowest BCUT2D eigenvalue weighted by Gasteiger charge is -2.21. The molecule has 1 amide bonds. The second kappa shape index (κ2) is 6.55. The van der Waals surface area contributed by atoms with Crippen molar-refractivity contribution in [2.24, 2.45) is 11.8 Å². The summed E-state index contributed by atoms with van der Waals surface area (Å²) in [6, 6.07) is 10.1. The molecule has 0 spiro atoms. The first kappa shape index (κ1) is 14.6. The Morgan fingerprint density at radius 1 is 1.20 bits per heavy atom. The molecule has 20 heavy (non-hydrogen) atoms. The number of hydrogen-bond acceptors (Lipinski definition) is 2. The summed E-state index contributed by atoms with van der Waals surface area (Å²) in [5, 5.41) is 8.98. The second-order valence-electron chi connectivity index (χ2n) is 5.54. The molecule has 1 saturated carbocycles. The van der Waals surface area contributed by atoms with Crippen molar-refractivity contribution >= 4 is 11.9 Å². The molecule has 1 aliphatic rings. The predicted octanol–water partition coefficient (Wildman–Crippen LogP) is 2.19. The summed E-state index contributed by atoms with van der Waals surface area (Å²) in [5.74, 6) is -1.14. The molecule has 1 aliphatic carbocycles. The van der Waals surface area contributed by atoms with E-state index in [9.17, 15) is 9.59 Å². The van der Waals surface area contributed by atoms with Gasteiger partial charge in [0.05, 0.1) is 5.92 Å². The van der Waals surface area contributed by atoms with Gasteiger partial charge in [0, 0.05) is 19.5 Å². The SMILES string of the molecule is CN(CCc1ccccc1)C(=O)C1CCC(C(=O)O)C1. The van der Waals surface area contributed by atoms with Crippen molar-refractivity contribution in [3.05, 3.63) is 35.9 Å². The third kappa shape index (κ3) is 3.59. The second-order valence-corrected chi connectivity index (χ2v) is 5.54. The monoisotopic (exact) mass is 275 g/mol. The van der Waals surface area contributed by atoms with Gasteiger partial charge in [-0.15, -0.1) is 0 Å². The van der Waals surface area contributed by atoms with E-state index in [0.717, 1.165) is 6.42 Å². The van der Waals surface area contributed by atoms with Crippen LogP contribution in [-0.4, -0.2) is 35.5 Å². The Kier molecular flexibility index (Phi) is 4.77. The number of likely N-dealkylation sites (N-methyl/N-ethyl adjacent to an activating group) is 1. The van der Waals surface area contributed by atoms with Crippen molar-refractivity contribution in [3.63, 3.8) is 0 Å². The molecule has 0 radical (unpaired) electrons. The van der Waals surface area contributed by atoms with Crippen molar-refractivity contribution < 1.29 is 14.7 Å². The van der Waals surface area contributed by atoms with Crippen molar-refractivity contribution in [3.8, 4) is 0 Å². The summed E-state index contributed by atoms with van der Waals surface area (Å²) in [6.07, 6.45) is 2.64. The standard InChI is InChI=1S/C16H21NO3/c1-17(10-9-12-5-3-2-4-6-12)15(18)13-7-8-14(11-13)16(19)20/h2-6,13-14H,7-11H2,1H3,(H,19,20). The van der Waals surface area contributed by atoms with Gasteiger partial charge >= 0.3 is 5.97 Å². The maximum Gasteiger partial charge on any atom is 0.306 e. The first-order valence-corrected chi connectivity index (χ1v) is 7.09. The van der Waals surface area contributed by atoms with Gasteiger partial charge in [0.15, 0.2) is 0 Å². The van der Waals surface area contributed by atoms with Crippen molar-refractivity contribution in [1.82, 2.24) is 4.90 Å². The molecule has 2 unspecified atom stereocenters. The van der Waals surface area contributed by atoms with Crippen LogP contribution in [0.5, 0.6) is 0 Å². The van der Waals surface area contributed by atoms with Crippen LogP contribution >= 0.6 is 0 Å². The van der Waals surface area contributed by atoms with Crippen LogP contribution in [-0.2, 0) is 16.0 Å². The molecule has 0 aromatic heterocycles. The number of amides is 1. The number of carboxylic acid groups (broad SMARTS) is 1. The van der Waals surface area contributed by atoms with Gasteiger partial charge in [0.2, 0.25) is 5.91 Å². The summed E-state index contributed by atoms with van der Waals surface area (Å²) < 4.78 is 0. The molecular formula is C16H21NO3. The van der Waals surface area contributed by atoms with Crippen LogP contribution in [0.4, 0.5) is 0 Å². The topological polar surface area (TPSA) is 57.6 Å². The molecule has 2 atom stereocenters. The summed E-state index contributed by atoms with van der Waals surface area (Å²) >= 11 is 0. The molecule has 1 N–H and O–H groups in total. The van der Waals surface area contributed by atoms with Gasteiger partial charge in [-0.3, -0.25) is 9.59 Å². The zero-order valence-corrected chi connectivity index (χ0v) is 11.8. The third-order valence-corrected chi connectivity index (χ3v) is 4.09. The average Bonchev–Trinajstić information content (AvgIpc) is 2.95. The minimum Gasteiger partial charge on any atom is -0.481 e. The average molecular weight is 275 g/mol. The maximum atomic E-state index is 12.3. The minimum atomic E-state index is -0.771. The zero-order valence-electron chi connectivity index (χ0n) is 11.8. The van der Waals surface area contributed by atoms with Gasteiger partial charge < -0.3 is 10.0 Å². The number of nitrogens with zero attached hydrogens (tertiary/aromatic N) is 1. The summed E-state index contributed by atoms with van der Waals surface area (Å²) in [4.78, 5) is 24.9. The number of aliphatic carboxylic acids is 1. The highest BCUT2D eigenvalue weighted by Crippen LogP contribution is 2.32. The van der Waals surface area contributed by atoms with Gasteiger partial charge in [0.1, 0.15) is 0 Å². The van der Waals surface area contributed by atoms with E-state index in [-0.39, 0.29) is 17.7 Å². The molecular weight excluding hydrogens is 254 g/mol. The number of carbonyl (C=O) groups excluding carboxylic acids is 1. The normalized spacial score (nSPS) is 21.6. The maximum absolute atomic E-state index is 12.3. The van der Waals surface area contributed by atoms with E-state index in [1.165, 1.54) is 5.56 Å². The first-order valence-electron chi connectivity index (χ1n) is 7.09. The summed E-state index contributed by atoms with van der Waals surface area (Å²) in [7, 11) is 1.80. The van der Waals surface area contributed by atoms with Crippen molar-refractivity contribution in [2.75, 3.05) is 13.6 Å². The molecule has 0 bridgehead atoms. The van der Waals surface area contributed by atoms with E-state index in [2.05, 4.69) is 0 Å². The molecule has 2 rings (SSSR count). The number of benzene rings is 1. The molecule has 108 valence electrons. The Hall–Kier alpha value is -1.84. The lowest BCUT2D eigenvalue weighted by molar-refractivity contribution is -0.141. The van der Waals surface area contributed by atoms with E-state index >= 15 is 0 Å². The van der Waals surface area contributed by atoms with E-state index < -0.39 is 5.97 Å². The van der Waals surface area contributed by atoms with Crippen molar-refractivity contribution in [1.29, 1.82) is 0 Å². The van der Waals surface area contributed by atoms with Crippen LogP contribution in [0, 0.1) is 11.8 Å². The van der Waals surface area contributed by atoms with E-state index in [0.29, 0.717) is 25.8 Å². The van der Waals surface area contributed by atoms with Gasteiger partial charge in [-0.1, -0.05) is 30.3 Å². The van der Waals surface area contributed by atoms with Crippen molar-refractivity contribution in [2.45, 2.75) is 25.7 Å². The van der Waals surface area contributed by atoms with Gasteiger partial charge in [-0.25, -0.2) is 0 Å². The van der Waals surface area contributed by atoms with Crippen LogP contribution in [0.15, 0.2) is 30.3 Å². The number of rotatable bonds is 5. The Bertz CT molecular complexity index is 472. The predicted molar refractivity (Wildman–Crippen MR) is 76.2 cm³/mol. The third-order valence-electron chi connectivity index (χ3n) is 4.09. The summed E-state index contributed by atoms with van der Waals surface area (Å²) in [6.45, 7) is 0.678. The molecule has 0 heterocycles. The molecule has 4 heteroatoms.